The van der Waals surface area contributed by atoms with Gasteiger partial charge in [0.1, 0.15) is 10.3 Å². The number of nitrogens with two attached hydrogens (primary N) is 1. The second-order valence-electron chi connectivity index (χ2n) is 2.94. The summed E-state index contributed by atoms with van der Waals surface area (Å²) >= 11 is 11.7. The van der Waals surface area contributed by atoms with Gasteiger partial charge in [-0.05, 0) is 12.1 Å². The van der Waals surface area contributed by atoms with Crippen LogP contribution in [-0.4, -0.2) is 9.97 Å². The van der Waals surface area contributed by atoms with Gasteiger partial charge in [0.05, 0.1) is 0 Å². The van der Waals surface area contributed by atoms with Crippen LogP contribution in [0.2, 0.25) is 10.3 Å². The fraction of sp³-hybridized carbons (Fsp3) is 0. The summed E-state index contributed by atoms with van der Waals surface area (Å²) in [6.07, 6.45) is 3.35. The first kappa shape index (κ1) is 10.2. The average Bonchev–Trinajstić information content (AvgIpc) is 2.17. The summed E-state index contributed by atoms with van der Waals surface area (Å²) in [5.74, 6) is 0. The lowest BCUT2D eigenvalue weighted by Gasteiger charge is -2.07. The van der Waals surface area contributed by atoms with Gasteiger partial charge < -0.3 is 5.73 Å². The lowest BCUT2D eigenvalue weighted by Crippen LogP contribution is -1.94. The van der Waals surface area contributed by atoms with Gasteiger partial charge >= 0.3 is 0 Å². The Hall–Kier alpha value is -1.32. The highest BCUT2D eigenvalue weighted by Crippen LogP contribution is 2.32. The van der Waals surface area contributed by atoms with Crippen LogP contribution in [0.15, 0.2) is 30.6 Å². The third-order valence-corrected chi connectivity index (χ3v) is 2.39. The van der Waals surface area contributed by atoms with Gasteiger partial charge in [-0.15, -0.1) is 0 Å². The monoisotopic (exact) mass is 239 g/mol. The maximum absolute atomic E-state index is 5.97. The topological polar surface area (TPSA) is 51.8 Å². The van der Waals surface area contributed by atoms with Crippen LogP contribution in [-0.2, 0) is 0 Å². The van der Waals surface area contributed by atoms with Crippen molar-refractivity contribution in [2.24, 2.45) is 0 Å². The van der Waals surface area contributed by atoms with E-state index in [2.05, 4.69) is 9.97 Å². The van der Waals surface area contributed by atoms with E-state index in [1.165, 1.54) is 0 Å². The van der Waals surface area contributed by atoms with E-state index in [0.717, 1.165) is 5.56 Å². The Balaban J connectivity index is 2.64. The molecular weight excluding hydrogens is 233 g/mol. The highest BCUT2D eigenvalue weighted by Gasteiger charge is 2.10. The van der Waals surface area contributed by atoms with Crippen LogP contribution in [0, 0.1) is 0 Å². The molecule has 0 aliphatic heterocycles. The van der Waals surface area contributed by atoms with E-state index in [-0.39, 0.29) is 10.3 Å². The predicted octanol–water partition coefficient (Wildman–Crippen LogP) is 3.03. The van der Waals surface area contributed by atoms with Crippen LogP contribution in [0.1, 0.15) is 0 Å². The first-order valence-corrected chi connectivity index (χ1v) is 4.96. The molecule has 0 saturated heterocycles. The van der Waals surface area contributed by atoms with Crippen molar-refractivity contribution in [3.8, 4) is 11.1 Å². The molecule has 0 atom stereocenters. The zero-order valence-electron chi connectivity index (χ0n) is 7.61. The van der Waals surface area contributed by atoms with Gasteiger partial charge in [-0.3, -0.25) is 4.98 Å². The van der Waals surface area contributed by atoms with Gasteiger partial charge in [0.2, 0.25) is 0 Å². The number of hydrogen-bond donors (Lipinski definition) is 1. The molecule has 0 aromatic carbocycles. The summed E-state index contributed by atoms with van der Waals surface area (Å²) < 4.78 is 0. The van der Waals surface area contributed by atoms with E-state index in [9.17, 15) is 0 Å². The smallest absolute Gasteiger partial charge is 0.140 e. The summed E-state index contributed by atoms with van der Waals surface area (Å²) in [6, 6.07) is 5.23. The molecule has 2 rings (SSSR count). The highest BCUT2D eigenvalue weighted by atomic mass is 35.5. The molecule has 0 aliphatic rings. The molecule has 15 heavy (non-hydrogen) atoms. The van der Waals surface area contributed by atoms with Crippen LogP contribution in [0.4, 0.5) is 5.69 Å². The van der Waals surface area contributed by atoms with Crippen LogP contribution >= 0.6 is 23.2 Å². The molecule has 0 aliphatic carbocycles. The maximum Gasteiger partial charge on any atom is 0.140 e. The van der Waals surface area contributed by atoms with Gasteiger partial charge in [-0.25, -0.2) is 4.98 Å². The normalized spacial score (nSPS) is 10.3. The predicted molar refractivity (Wildman–Crippen MR) is 61.9 cm³/mol. The molecule has 0 fully saturated rings. The largest absolute Gasteiger partial charge is 0.398 e. The molecule has 0 unspecified atom stereocenters. The molecule has 2 heterocycles. The van der Waals surface area contributed by atoms with E-state index in [0.29, 0.717) is 11.3 Å². The van der Waals surface area contributed by atoms with E-state index in [4.69, 9.17) is 28.9 Å². The third-order valence-electron chi connectivity index (χ3n) is 1.92. The number of nitrogens with zero attached hydrogens (tertiary/aromatic N) is 2. The number of halogens is 2. The van der Waals surface area contributed by atoms with E-state index in [1.54, 1.807) is 24.5 Å². The fourth-order valence-electron chi connectivity index (χ4n) is 1.30. The van der Waals surface area contributed by atoms with Crippen LogP contribution < -0.4 is 5.73 Å². The summed E-state index contributed by atoms with van der Waals surface area (Å²) in [5, 5.41) is 0.568. The number of pyridine rings is 2. The van der Waals surface area contributed by atoms with Crippen LogP contribution in [0.25, 0.3) is 11.1 Å². The van der Waals surface area contributed by atoms with E-state index >= 15 is 0 Å². The average molecular weight is 240 g/mol. The number of rotatable bonds is 1. The fourth-order valence-corrected chi connectivity index (χ4v) is 1.85. The first-order chi connectivity index (χ1) is 7.18. The molecular formula is C10H7Cl2N3. The third kappa shape index (κ3) is 2.03. The Kier molecular flexibility index (Phi) is 2.75. The molecule has 76 valence electrons. The molecule has 0 amide bonds. The lowest BCUT2D eigenvalue weighted by molar-refractivity contribution is 1.30. The van der Waals surface area contributed by atoms with Gasteiger partial charge in [0.25, 0.3) is 0 Å². The van der Waals surface area contributed by atoms with Gasteiger partial charge in [-0.2, -0.15) is 0 Å². The Bertz CT molecular complexity index is 462. The van der Waals surface area contributed by atoms with Gasteiger partial charge in [0, 0.05) is 29.2 Å². The molecule has 2 N–H and O–H groups in total. The zero-order chi connectivity index (χ0) is 10.8. The van der Waals surface area contributed by atoms with E-state index < -0.39 is 0 Å². The van der Waals surface area contributed by atoms with Crippen molar-refractivity contribution in [2.75, 3.05) is 5.73 Å². The first-order valence-electron chi connectivity index (χ1n) is 4.20. The highest BCUT2D eigenvalue weighted by molar-refractivity contribution is 6.35. The van der Waals surface area contributed by atoms with Crippen molar-refractivity contribution >= 4 is 28.9 Å². The molecule has 5 heteroatoms. The summed E-state index contributed by atoms with van der Waals surface area (Å²) in [7, 11) is 0. The molecule has 0 radical (unpaired) electrons. The second kappa shape index (κ2) is 4.04. The number of anilines is 1. The van der Waals surface area contributed by atoms with Crippen molar-refractivity contribution in [1.82, 2.24) is 9.97 Å². The molecule has 0 bridgehead atoms. The van der Waals surface area contributed by atoms with Crippen molar-refractivity contribution in [1.29, 1.82) is 0 Å². The van der Waals surface area contributed by atoms with Crippen molar-refractivity contribution in [3.63, 3.8) is 0 Å². The molecule has 2 aromatic rings. The summed E-state index contributed by atoms with van der Waals surface area (Å²) in [5.41, 5.74) is 7.80. The minimum absolute atomic E-state index is 0.283. The maximum atomic E-state index is 5.97. The summed E-state index contributed by atoms with van der Waals surface area (Å²) in [6.45, 7) is 0. The molecule has 3 nitrogen and oxygen atoms in total. The van der Waals surface area contributed by atoms with Gasteiger partial charge in [0.15, 0.2) is 0 Å². The quantitative estimate of drug-likeness (QED) is 0.779. The van der Waals surface area contributed by atoms with Gasteiger partial charge in [-0.1, -0.05) is 29.3 Å². The minimum atomic E-state index is 0.283. The SMILES string of the molecule is Nc1cc(Cl)nc(Cl)c1-c1cccnc1. The second-order valence-corrected chi connectivity index (χ2v) is 3.69. The Morgan fingerprint density at radius 1 is 1.27 bits per heavy atom. The lowest BCUT2D eigenvalue weighted by atomic mass is 10.1. The Morgan fingerprint density at radius 2 is 2.07 bits per heavy atom. The number of aromatic nitrogens is 2. The Morgan fingerprint density at radius 3 is 2.67 bits per heavy atom. The molecule has 0 saturated carbocycles. The van der Waals surface area contributed by atoms with Crippen molar-refractivity contribution in [2.45, 2.75) is 0 Å². The van der Waals surface area contributed by atoms with Crippen molar-refractivity contribution in [3.05, 3.63) is 40.9 Å². The zero-order valence-corrected chi connectivity index (χ0v) is 9.13. The minimum Gasteiger partial charge on any atom is -0.398 e. The van der Waals surface area contributed by atoms with E-state index in [1.807, 2.05) is 6.07 Å². The van der Waals surface area contributed by atoms with Crippen molar-refractivity contribution < 1.29 is 0 Å². The number of nitrogen functional groups attached to an aromatic ring is 1. The standard InChI is InChI=1S/C10H7Cl2N3/c11-8-4-7(13)9(10(12)15-8)6-2-1-3-14-5-6/h1-5H,(H2,13,15). The number of hydrogen-bond acceptors (Lipinski definition) is 3. The Labute approximate surface area is 96.9 Å². The van der Waals surface area contributed by atoms with Crippen LogP contribution in [0.5, 0.6) is 0 Å². The summed E-state index contributed by atoms with van der Waals surface area (Å²) in [4.78, 5) is 7.92. The van der Waals surface area contributed by atoms with Crippen LogP contribution in [0.3, 0.4) is 0 Å². The molecule has 0 spiro atoms. The molecule has 2 aromatic heterocycles.